The van der Waals surface area contributed by atoms with Crippen LogP contribution in [0.4, 0.5) is 5.69 Å². The molecule has 0 aliphatic carbocycles. The lowest BCUT2D eigenvalue weighted by molar-refractivity contribution is -0.122. The van der Waals surface area contributed by atoms with Gasteiger partial charge in [-0.05, 0) is 37.6 Å². The number of H-pyrrole nitrogens is 1. The van der Waals surface area contributed by atoms with E-state index in [0.717, 1.165) is 17.7 Å². The fourth-order valence-corrected chi connectivity index (χ4v) is 2.78. The Hall–Kier alpha value is -3.69. The van der Waals surface area contributed by atoms with Crippen molar-refractivity contribution in [3.63, 3.8) is 0 Å². The zero-order chi connectivity index (χ0) is 19.6. The van der Waals surface area contributed by atoms with Gasteiger partial charge in [0.25, 0.3) is 23.7 Å². The van der Waals surface area contributed by atoms with Crippen molar-refractivity contribution in [3.05, 3.63) is 51.2 Å². The number of ether oxygens (including phenoxy) is 1. The van der Waals surface area contributed by atoms with Gasteiger partial charge in [0.1, 0.15) is 17.3 Å². The summed E-state index contributed by atoms with van der Waals surface area (Å²) in [6.45, 7) is 3.77. The Bertz CT molecular complexity index is 1090. The Morgan fingerprint density at radius 1 is 1.37 bits per heavy atom. The van der Waals surface area contributed by atoms with Crippen LogP contribution in [-0.4, -0.2) is 43.7 Å². The molecule has 10 nitrogen and oxygen atoms in total. The summed E-state index contributed by atoms with van der Waals surface area (Å²) in [7, 11) is 0. The Morgan fingerprint density at radius 2 is 2.11 bits per heavy atom. The van der Waals surface area contributed by atoms with E-state index in [2.05, 4.69) is 20.4 Å². The van der Waals surface area contributed by atoms with E-state index in [1.54, 1.807) is 32.0 Å². The summed E-state index contributed by atoms with van der Waals surface area (Å²) in [5.74, 6) is 1.30. The molecule has 0 atom stereocenters. The van der Waals surface area contributed by atoms with Crippen LogP contribution in [0.5, 0.6) is 5.75 Å². The first-order valence-electron chi connectivity index (χ1n) is 8.05. The van der Waals surface area contributed by atoms with Crippen LogP contribution in [0.1, 0.15) is 27.4 Å². The molecule has 0 unspecified atom stereocenters. The lowest BCUT2D eigenvalue weighted by atomic mass is 10.1. The summed E-state index contributed by atoms with van der Waals surface area (Å²) in [6.07, 6.45) is 0.777. The number of benzene rings is 1. The van der Waals surface area contributed by atoms with Crippen molar-refractivity contribution >= 4 is 23.8 Å². The van der Waals surface area contributed by atoms with Crippen LogP contribution in [0.3, 0.4) is 0 Å². The predicted molar refractivity (Wildman–Crippen MR) is 95.4 cm³/mol. The van der Waals surface area contributed by atoms with E-state index in [4.69, 9.17) is 14.6 Å². The van der Waals surface area contributed by atoms with Gasteiger partial charge in [0.15, 0.2) is 0 Å². The maximum atomic E-state index is 12.5. The summed E-state index contributed by atoms with van der Waals surface area (Å²) in [4.78, 5) is 41.8. The van der Waals surface area contributed by atoms with Gasteiger partial charge in [-0.25, -0.2) is 4.98 Å². The summed E-state index contributed by atoms with van der Waals surface area (Å²) in [6, 6.07) is 5.24. The number of fused-ring (bicyclic) bond motifs is 2. The van der Waals surface area contributed by atoms with Crippen LogP contribution in [0.25, 0.3) is 5.78 Å². The maximum absolute atomic E-state index is 12.5. The van der Waals surface area contributed by atoms with Crippen LogP contribution in [0, 0.1) is 13.8 Å². The zero-order valence-electron chi connectivity index (χ0n) is 14.6. The molecule has 1 amide bonds. The van der Waals surface area contributed by atoms with E-state index in [9.17, 15) is 9.59 Å². The van der Waals surface area contributed by atoms with Crippen molar-refractivity contribution in [3.8, 4) is 5.75 Å². The monoisotopic (exact) mass is 371 g/mol. The van der Waals surface area contributed by atoms with Gasteiger partial charge in [-0.15, -0.1) is 0 Å². The van der Waals surface area contributed by atoms with Crippen molar-refractivity contribution < 1.29 is 19.4 Å². The highest BCUT2D eigenvalue weighted by molar-refractivity contribution is 6.04. The van der Waals surface area contributed by atoms with Gasteiger partial charge in [-0.2, -0.15) is 9.50 Å². The molecule has 1 aromatic carbocycles. The Balaban J connectivity index is 0.000000659. The number of nitrogens with one attached hydrogen (secondary N) is 2. The molecule has 3 N–H and O–H groups in total. The summed E-state index contributed by atoms with van der Waals surface area (Å²) in [5.41, 5.74) is 1.64. The largest absolute Gasteiger partial charge is 0.493 e. The quantitative estimate of drug-likeness (QED) is 0.569. The van der Waals surface area contributed by atoms with Crippen molar-refractivity contribution in [1.29, 1.82) is 0 Å². The highest BCUT2D eigenvalue weighted by Gasteiger charge is 2.18. The van der Waals surface area contributed by atoms with Crippen LogP contribution in [0.15, 0.2) is 23.0 Å². The number of aromatic nitrogens is 4. The molecule has 140 valence electrons. The fourth-order valence-electron chi connectivity index (χ4n) is 2.78. The number of aryl methyl sites for hydroxylation is 2. The second kappa shape index (κ2) is 7.28. The average molecular weight is 371 g/mol. The SMILES string of the molecule is Cc1nc2nc(C)c(NC(=O)c3ccc4c(c3)CCO4)c(=O)n2[nH]1.O=CO. The number of carboxylic acid groups (broad SMARTS) is 1. The van der Waals surface area contributed by atoms with E-state index in [1.165, 1.54) is 4.52 Å². The number of rotatable bonds is 2. The topological polar surface area (TPSA) is 139 Å². The zero-order valence-corrected chi connectivity index (χ0v) is 14.6. The second-order valence-corrected chi connectivity index (χ2v) is 5.80. The van der Waals surface area contributed by atoms with Gasteiger partial charge in [-0.3, -0.25) is 19.5 Å². The Morgan fingerprint density at radius 3 is 2.85 bits per heavy atom. The Labute approximate surface area is 152 Å². The molecule has 10 heteroatoms. The summed E-state index contributed by atoms with van der Waals surface area (Å²) >= 11 is 0. The van der Waals surface area contributed by atoms with Crippen LogP contribution in [-0.2, 0) is 11.2 Å². The molecule has 0 fully saturated rings. The molecule has 0 saturated carbocycles. The molecule has 4 rings (SSSR count). The normalized spacial score (nSPS) is 11.9. The molecule has 0 radical (unpaired) electrons. The van der Waals surface area contributed by atoms with Crippen molar-refractivity contribution in [2.45, 2.75) is 20.3 Å². The maximum Gasteiger partial charge on any atom is 0.298 e. The Kier molecular flexibility index (Phi) is 4.88. The molecular weight excluding hydrogens is 354 g/mol. The van der Waals surface area contributed by atoms with Crippen LogP contribution in [0.2, 0.25) is 0 Å². The first-order chi connectivity index (χ1) is 12.9. The first-order valence-corrected chi connectivity index (χ1v) is 8.05. The van der Waals surface area contributed by atoms with Crippen LogP contribution < -0.4 is 15.6 Å². The minimum absolute atomic E-state index is 0.137. The molecule has 2 aromatic heterocycles. The van der Waals surface area contributed by atoms with E-state index in [-0.39, 0.29) is 23.8 Å². The number of carbonyl (C=O) groups is 2. The third kappa shape index (κ3) is 3.50. The highest BCUT2D eigenvalue weighted by Crippen LogP contribution is 2.26. The van der Waals surface area contributed by atoms with Crippen molar-refractivity contribution in [2.24, 2.45) is 0 Å². The van der Waals surface area contributed by atoms with E-state index in [1.807, 2.05) is 0 Å². The summed E-state index contributed by atoms with van der Waals surface area (Å²) < 4.78 is 6.65. The fraction of sp³-hybridized carbons (Fsp3) is 0.235. The van der Waals surface area contributed by atoms with Crippen LogP contribution >= 0.6 is 0 Å². The van der Waals surface area contributed by atoms with Gasteiger partial charge in [0.2, 0.25) is 0 Å². The van der Waals surface area contributed by atoms with Crippen molar-refractivity contribution in [1.82, 2.24) is 19.6 Å². The lowest BCUT2D eigenvalue weighted by Gasteiger charge is -2.08. The number of anilines is 1. The van der Waals surface area contributed by atoms with Gasteiger partial charge < -0.3 is 15.2 Å². The highest BCUT2D eigenvalue weighted by atomic mass is 16.5. The standard InChI is InChI=1S/C16H15N5O3.CH2O2/c1-8-13(15(23)21-16(17-8)18-9(2)20-21)19-14(22)11-3-4-12-10(7-11)5-6-24-12;2-1-3/h3-4,7H,5-6H2,1-2H3,(H,19,22)(H,17,18,20);1H,(H,2,3). The lowest BCUT2D eigenvalue weighted by Crippen LogP contribution is -2.25. The number of hydrogen-bond acceptors (Lipinski definition) is 6. The molecular formula is C17H17N5O5. The molecule has 0 bridgehead atoms. The molecule has 3 aromatic rings. The minimum atomic E-state index is -0.393. The van der Waals surface area contributed by atoms with E-state index < -0.39 is 5.56 Å². The molecule has 3 heterocycles. The van der Waals surface area contributed by atoms with Gasteiger partial charge in [0.05, 0.1) is 12.3 Å². The second-order valence-electron chi connectivity index (χ2n) is 5.80. The number of hydrogen-bond donors (Lipinski definition) is 3. The first kappa shape index (κ1) is 18.1. The third-order valence-corrected chi connectivity index (χ3v) is 3.98. The molecule has 0 saturated heterocycles. The molecule has 27 heavy (non-hydrogen) atoms. The van der Waals surface area contributed by atoms with Gasteiger partial charge >= 0.3 is 0 Å². The number of aromatic amines is 1. The smallest absolute Gasteiger partial charge is 0.298 e. The van der Waals surface area contributed by atoms with Crippen molar-refractivity contribution in [2.75, 3.05) is 11.9 Å². The average Bonchev–Trinajstić information content (AvgIpc) is 3.24. The predicted octanol–water partition coefficient (Wildman–Crippen LogP) is 0.922. The van der Waals surface area contributed by atoms with Gasteiger partial charge in [0, 0.05) is 12.0 Å². The molecule has 1 aliphatic rings. The van der Waals surface area contributed by atoms with E-state index in [0.29, 0.717) is 23.7 Å². The van der Waals surface area contributed by atoms with E-state index >= 15 is 0 Å². The number of nitrogens with zero attached hydrogens (tertiary/aromatic N) is 3. The number of amides is 1. The molecule has 1 aliphatic heterocycles. The summed E-state index contributed by atoms with van der Waals surface area (Å²) in [5, 5.41) is 12.4. The third-order valence-electron chi connectivity index (χ3n) is 3.98. The minimum Gasteiger partial charge on any atom is -0.493 e. The van der Waals surface area contributed by atoms with Gasteiger partial charge in [-0.1, -0.05) is 0 Å². The number of carbonyl (C=O) groups excluding carboxylic acids is 1. The molecule has 0 spiro atoms.